The van der Waals surface area contributed by atoms with Crippen molar-refractivity contribution in [1.29, 1.82) is 0 Å². The molecule has 2 heterocycles. The van der Waals surface area contributed by atoms with Crippen molar-refractivity contribution >= 4 is 40.8 Å². The fourth-order valence-electron chi connectivity index (χ4n) is 3.62. The van der Waals surface area contributed by atoms with E-state index in [1.54, 1.807) is 18.2 Å². The maximum atomic E-state index is 14.1. The monoisotopic (exact) mass is 465 g/mol. The molecule has 1 aliphatic heterocycles. The molecule has 3 rings (SSSR count). The molecule has 0 radical (unpaired) electrons. The van der Waals surface area contributed by atoms with Crippen LogP contribution >= 0.6 is 23.4 Å². The van der Waals surface area contributed by atoms with Crippen LogP contribution in [0.4, 0.5) is 15.9 Å². The van der Waals surface area contributed by atoms with E-state index < -0.39 is 0 Å². The predicted molar refractivity (Wildman–Crippen MR) is 126 cm³/mol. The number of benzene rings is 1. The van der Waals surface area contributed by atoms with Gasteiger partial charge < -0.3 is 14.7 Å². The smallest absolute Gasteiger partial charge is 0.233 e. The van der Waals surface area contributed by atoms with Gasteiger partial charge in [0.15, 0.2) is 5.16 Å². The number of halogens is 2. The SMILES string of the molecule is CCCN(CCC)C(=O)CSc1nc(Cl)cc(N2CCN(c3ccccc3F)CC2)n1. The van der Waals surface area contributed by atoms with Crippen LogP contribution in [0.2, 0.25) is 5.15 Å². The van der Waals surface area contributed by atoms with Crippen LogP contribution in [0.3, 0.4) is 0 Å². The van der Waals surface area contributed by atoms with Crippen molar-refractivity contribution in [2.24, 2.45) is 0 Å². The zero-order chi connectivity index (χ0) is 22.2. The molecular formula is C22H29ClFN5OS. The van der Waals surface area contributed by atoms with Crippen LogP contribution in [-0.2, 0) is 4.79 Å². The van der Waals surface area contributed by atoms with Crippen molar-refractivity contribution < 1.29 is 9.18 Å². The van der Waals surface area contributed by atoms with E-state index in [0.29, 0.717) is 47.9 Å². The summed E-state index contributed by atoms with van der Waals surface area (Å²) in [6.45, 7) is 8.45. The number of carbonyl (C=O) groups excluding carboxylic acids is 1. The first kappa shape index (κ1) is 23.6. The van der Waals surface area contributed by atoms with E-state index in [0.717, 1.165) is 31.7 Å². The summed E-state index contributed by atoms with van der Waals surface area (Å²) in [5.41, 5.74) is 0.626. The van der Waals surface area contributed by atoms with E-state index in [1.807, 2.05) is 15.9 Å². The Morgan fingerprint density at radius 3 is 2.39 bits per heavy atom. The van der Waals surface area contributed by atoms with Gasteiger partial charge in [0.1, 0.15) is 16.8 Å². The molecule has 168 valence electrons. The van der Waals surface area contributed by atoms with Crippen molar-refractivity contribution in [2.75, 3.05) is 54.8 Å². The summed E-state index contributed by atoms with van der Waals surface area (Å²) in [6, 6.07) is 8.58. The lowest BCUT2D eigenvalue weighted by Crippen LogP contribution is -2.47. The maximum Gasteiger partial charge on any atom is 0.233 e. The number of thioether (sulfide) groups is 1. The van der Waals surface area contributed by atoms with Gasteiger partial charge in [-0.05, 0) is 25.0 Å². The number of amides is 1. The number of para-hydroxylation sites is 1. The lowest BCUT2D eigenvalue weighted by molar-refractivity contribution is -0.128. The quantitative estimate of drug-likeness (QED) is 0.312. The van der Waals surface area contributed by atoms with E-state index in [4.69, 9.17) is 11.6 Å². The maximum absolute atomic E-state index is 14.1. The van der Waals surface area contributed by atoms with Gasteiger partial charge in [-0.1, -0.05) is 49.3 Å². The van der Waals surface area contributed by atoms with E-state index in [9.17, 15) is 9.18 Å². The number of rotatable bonds is 9. The highest BCUT2D eigenvalue weighted by molar-refractivity contribution is 7.99. The summed E-state index contributed by atoms with van der Waals surface area (Å²) < 4.78 is 14.1. The van der Waals surface area contributed by atoms with Crippen molar-refractivity contribution in [3.8, 4) is 0 Å². The highest BCUT2D eigenvalue weighted by atomic mass is 35.5. The average molecular weight is 466 g/mol. The molecule has 1 aromatic carbocycles. The topological polar surface area (TPSA) is 52.6 Å². The number of anilines is 2. The Hall–Kier alpha value is -2.06. The number of hydrogen-bond donors (Lipinski definition) is 0. The number of piperazine rings is 1. The molecule has 0 bridgehead atoms. The van der Waals surface area contributed by atoms with E-state index >= 15 is 0 Å². The Morgan fingerprint density at radius 1 is 1.10 bits per heavy atom. The molecule has 1 aromatic heterocycles. The third-order valence-electron chi connectivity index (χ3n) is 5.12. The van der Waals surface area contributed by atoms with Crippen molar-refractivity contribution in [2.45, 2.75) is 31.8 Å². The van der Waals surface area contributed by atoms with Crippen LogP contribution < -0.4 is 9.80 Å². The molecular weight excluding hydrogens is 437 g/mol. The standard InChI is InChI=1S/C22H29ClFN5OS/c1-3-9-29(10-4-2)21(30)16-31-22-25-19(23)15-20(26-22)28-13-11-27(12-14-28)18-8-6-5-7-17(18)24/h5-8,15H,3-4,9-14,16H2,1-2H3. The Morgan fingerprint density at radius 2 is 1.74 bits per heavy atom. The molecule has 1 aliphatic rings. The van der Waals surface area contributed by atoms with Crippen LogP contribution in [0, 0.1) is 5.82 Å². The molecule has 9 heteroatoms. The Kier molecular flexibility index (Phi) is 8.78. The highest BCUT2D eigenvalue weighted by Gasteiger charge is 2.21. The lowest BCUT2D eigenvalue weighted by Gasteiger charge is -2.36. The number of carbonyl (C=O) groups is 1. The number of aromatic nitrogens is 2. The van der Waals surface area contributed by atoms with E-state index in [2.05, 4.69) is 28.7 Å². The summed E-state index contributed by atoms with van der Waals surface area (Å²) in [5.74, 6) is 0.921. The van der Waals surface area contributed by atoms with Gasteiger partial charge in [-0.3, -0.25) is 4.79 Å². The zero-order valence-corrected chi connectivity index (χ0v) is 19.6. The van der Waals surface area contributed by atoms with Crippen LogP contribution in [0.1, 0.15) is 26.7 Å². The van der Waals surface area contributed by atoms with Crippen LogP contribution in [0.25, 0.3) is 0 Å². The Bertz CT molecular complexity index is 873. The second kappa shape index (κ2) is 11.5. The number of nitrogens with zero attached hydrogens (tertiary/aromatic N) is 5. The highest BCUT2D eigenvalue weighted by Crippen LogP contribution is 2.25. The van der Waals surface area contributed by atoms with Gasteiger partial charge in [0.2, 0.25) is 5.91 Å². The van der Waals surface area contributed by atoms with Crippen LogP contribution in [-0.4, -0.2) is 65.8 Å². The first-order valence-electron chi connectivity index (χ1n) is 10.7. The first-order chi connectivity index (χ1) is 15.0. The van der Waals surface area contributed by atoms with Gasteiger partial charge in [-0.15, -0.1) is 0 Å². The summed E-state index contributed by atoms with van der Waals surface area (Å²) in [7, 11) is 0. The van der Waals surface area contributed by atoms with Crippen molar-refractivity contribution in [3.63, 3.8) is 0 Å². The van der Waals surface area contributed by atoms with Gasteiger partial charge in [0.05, 0.1) is 11.4 Å². The lowest BCUT2D eigenvalue weighted by atomic mass is 10.2. The average Bonchev–Trinajstić information content (AvgIpc) is 2.77. The summed E-state index contributed by atoms with van der Waals surface area (Å²) in [4.78, 5) is 27.5. The minimum Gasteiger partial charge on any atom is -0.366 e. The molecule has 1 fully saturated rings. The zero-order valence-electron chi connectivity index (χ0n) is 18.1. The molecule has 31 heavy (non-hydrogen) atoms. The minimum atomic E-state index is -0.204. The van der Waals surface area contributed by atoms with Crippen LogP contribution in [0.15, 0.2) is 35.5 Å². The fourth-order valence-corrected chi connectivity index (χ4v) is 4.60. The van der Waals surface area contributed by atoms with Gasteiger partial charge in [0.25, 0.3) is 0 Å². The molecule has 0 spiro atoms. The Balaban J connectivity index is 1.61. The van der Waals surface area contributed by atoms with Crippen LogP contribution in [0.5, 0.6) is 0 Å². The first-order valence-corrected chi connectivity index (χ1v) is 12.1. The molecule has 0 saturated carbocycles. The molecule has 0 unspecified atom stereocenters. The molecule has 0 aliphatic carbocycles. The molecule has 6 nitrogen and oxygen atoms in total. The predicted octanol–water partition coefficient (Wildman–Crippen LogP) is 4.34. The second-order valence-electron chi connectivity index (χ2n) is 7.43. The third-order valence-corrected chi connectivity index (χ3v) is 6.15. The summed E-state index contributed by atoms with van der Waals surface area (Å²) >= 11 is 7.56. The van der Waals surface area contributed by atoms with Crippen molar-refractivity contribution in [3.05, 3.63) is 41.3 Å². The van der Waals surface area contributed by atoms with Crippen molar-refractivity contribution in [1.82, 2.24) is 14.9 Å². The molecule has 1 amide bonds. The van der Waals surface area contributed by atoms with E-state index in [-0.39, 0.29) is 11.7 Å². The normalized spacial score (nSPS) is 14.1. The van der Waals surface area contributed by atoms with E-state index in [1.165, 1.54) is 17.8 Å². The summed E-state index contributed by atoms with van der Waals surface area (Å²) in [6.07, 6.45) is 1.88. The molecule has 0 N–H and O–H groups in total. The second-order valence-corrected chi connectivity index (χ2v) is 8.76. The van der Waals surface area contributed by atoms with Gasteiger partial charge >= 0.3 is 0 Å². The fraction of sp³-hybridized carbons (Fsp3) is 0.500. The minimum absolute atomic E-state index is 0.0947. The molecule has 2 aromatic rings. The van der Waals surface area contributed by atoms with Gasteiger partial charge in [0, 0.05) is 45.3 Å². The molecule has 1 saturated heterocycles. The van der Waals surface area contributed by atoms with Gasteiger partial charge in [-0.25, -0.2) is 14.4 Å². The number of hydrogen-bond acceptors (Lipinski definition) is 6. The Labute approximate surface area is 192 Å². The molecule has 0 atom stereocenters. The largest absolute Gasteiger partial charge is 0.366 e. The van der Waals surface area contributed by atoms with Gasteiger partial charge in [-0.2, -0.15) is 0 Å². The third kappa shape index (κ3) is 6.46. The summed E-state index contributed by atoms with van der Waals surface area (Å²) in [5, 5.41) is 0.857.